The Balaban J connectivity index is 1.43. The largest absolute Gasteiger partial charge is 0.339 e. The molecule has 0 radical (unpaired) electrons. The van der Waals surface area contributed by atoms with Crippen molar-refractivity contribution < 1.29 is 9.32 Å². The summed E-state index contributed by atoms with van der Waals surface area (Å²) in [5, 5.41) is 11.8. The second kappa shape index (κ2) is 8.73. The van der Waals surface area contributed by atoms with Crippen LogP contribution in [0.5, 0.6) is 0 Å². The van der Waals surface area contributed by atoms with Crippen LogP contribution in [0, 0.1) is 0 Å². The van der Waals surface area contributed by atoms with Crippen LogP contribution in [0.3, 0.4) is 0 Å². The highest BCUT2D eigenvalue weighted by Gasteiger charge is 2.15. The molecule has 2 N–H and O–H groups in total. The van der Waals surface area contributed by atoms with Crippen molar-refractivity contribution in [3.63, 3.8) is 0 Å². The lowest BCUT2D eigenvalue weighted by Crippen LogP contribution is -2.20. The fourth-order valence-corrected chi connectivity index (χ4v) is 3.78. The average molecular weight is 433 g/mol. The molecule has 2 aromatic carbocycles. The highest BCUT2D eigenvalue weighted by atomic mass is 32.1. The van der Waals surface area contributed by atoms with Gasteiger partial charge in [0.25, 0.3) is 0 Å². The maximum atomic E-state index is 12.6. The topological polar surface area (TPSA) is 80.0 Å². The summed E-state index contributed by atoms with van der Waals surface area (Å²) in [5.41, 5.74) is 3.60. The molecule has 0 saturated carbocycles. The molecular weight excluding hydrogens is 408 g/mol. The van der Waals surface area contributed by atoms with Gasteiger partial charge < -0.3 is 15.2 Å². The molecule has 31 heavy (non-hydrogen) atoms. The van der Waals surface area contributed by atoms with Crippen LogP contribution in [0.25, 0.3) is 10.7 Å². The Morgan fingerprint density at radius 2 is 1.77 bits per heavy atom. The number of para-hydroxylation sites is 1. The van der Waals surface area contributed by atoms with Gasteiger partial charge in [-0.2, -0.15) is 4.98 Å². The Bertz CT molecular complexity index is 1160. The van der Waals surface area contributed by atoms with E-state index >= 15 is 0 Å². The van der Waals surface area contributed by atoms with E-state index < -0.39 is 0 Å². The van der Waals surface area contributed by atoms with Crippen molar-refractivity contribution in [3.8, 4) is 10.7 Å². The number of carbonyl (C=O) groups excluding carboxylic acids is 1. The zero-order valence-corrected chi connectivity index (χ0v) is 18.5. The molecule has 0 aliphatic rings. The van der Waals surface area contributed by atoms with Crippen molar-refractivity contribution in [3.05, 3.63) is 83.1 Å². The second-order valence-corrected chi connectivity index (χ2v) is 9.18. The van der Waals surface area contributed by atoms with E-state index in [-0.39, 0.29) is 11.4 Å². The molecule has 6 nitrogen and oxygen atoms in total. The van der Waals surface area contributed by atoms with Crippen LogP contribution >= 0.6 is 11.3 Å². The SMILES string of the molecule is CC(C)(C)c1ccc(NC(=O)Nc2ccccc2Cc2nc(-c3cccs3)no2)cc1. The van der Waals surface area contributed by atoms with E-state index in [1.165, 1.54) is 5.56 Å². The number of thiophene rings is 1. The van der Waals surface area contributed by atoms with Crippen LogP contribution in [-0.4, -0.2) is 16.2 Å². The predicted molar refractivity (Wildman–Crippen MR) is 125 cm³/mol. The number of anilines is 2. The van der Waals surface area contributed by atoms with E-state index in [1.54, 1.807) is 11.3 Å². The van der Waals surface area contributed by atoms with Gasteiger partial charge in [-0.15, -0.1) is 11.3 Å². The highest BCUT2D eigenvalue weighted by Crippen LogP contribution is 2.25. The van der Waals surface area contributed by atoms with E-state index in [0.29, 0.717) is 23.8 Å². The van der Waals surface area contributed by atoms with Crippen LogP contribution in [0.4, 0.5) is 16.2 Å². The third-order valence-electron chi connectivity index (χ3n) is 4.83. The van der Waals surface area contributed by atoms with Gasteiger partial charge in [0.1, 0.15) is 0 Å². The number of urea groups is 1. The summed E-state index contributed by atoms with van der Waals surface area (Å²) in [6.07, 6.45) is 0.426. The number of carbonyl (C=O) groups is 1. The highest BCUT2D eigenvalue weighted by molar-refractivity contribution is 7.13. The monoisotopic (exact) mass is 432 g/mol. The molecule has 7 heteroatoms. The zero-order chi connectivity index (χ0) is 21.8. The van der Waals surface area contributed by atoms with Gasteiger partial charge in [-0.05, 0) is 46.2 Å². The molecule has 2 aromatic heterocycles. The fourth-order valence-electron chi connectivity index (χ4n) is 3.13. The normalized spacial score (nSPS) is 11.3. The Morgan fingerprint density at radius 3 is 2.48 bits per heavy atom. The lowest BCUT2D eigenvalue weighted by Gasteiger charge is -2.19. The van der Waals surface area contributed by atoms with Crippen molar-refractivity contribution in [1.82, 2.24) is 10.1 Å². The average Bonchev–Trinajstić information content (AvgIpc) is 3.41. The van der Waals surface area contributed by atoms with Gasteiger partial charge in [0.05, 0.1) is 11.3 Å². The minimum Gasteiger partial charge on any atom is -0.339 e. The lowest BCUT2D eigenvalue weighted by molar-refractivity contribution is 0.262. The number of hydrogen-bond acceptors (Lipinski definition) is 5. The first-order chi connectivity index (χ1) is 14.9. The van der Waals surface area contributed by atoms with Crippen LogP contribution < -0.4 is 10.6 Å². The minimum absolute atomic E-state index is 0.0673. The second-order valence-electron chi connectivity index (χ2n) is 8.23. The quantitative estimate of drug-likeness (QED) is 0.386. The lowest BCUT2D eigenvalue weighted by atomic mass is 9.87. The Labute approximate surface area is 185 Å². The summed E-state index contributed by atoms with van der Waals surface area (Å²) in [6, 6.07) is 19.1. The zero-order valence-electron chi connectivity index (χ0n) is 17.7. The Kier molecular flexibility index (Phi) is 5.86. The summed E-state index contributed by atoms with van der Waals surface area (Å²) in [7, 11) is 0. The number of nitrogens with one attached hydrogen (secondary N) is 2. The summed E-state index contributed by atoms with van der Waals surface area (Å²) in [6.45, 7) is 6.48. The van der Waals surface area contributed by atoms with Gasteiger partial charge in [0.2, 0.25) is 11.7 Å². The van der Waals surface area contributed by atoms with E-state index in [2.05, 4.69) is 41.5 Å². The molecule has 2 amide bonds. The number of amides is 2. The van der Waals surface area contributed by atoms with Crippen molar-refractivity contribution in [1.29, 1.82) is 0 Å². The minimum atomic E-state index is -0.305. The maximum Gasteiger partial charge on any atom is 0.323 e. The maximum absolute atomic E-state index is 12.6. The summed E-state index contributed by atoms with van der Waals surface area (Å²) < 4.78 is 5.40. The molecule has 0 bridgehead atoms. The first kappa shape index (κ1) is 20.8. The van der Waals surface area contributed by atoms with Gasteiger partial charge in [0, 0.05) is 11.4 Å². The third kappa shape index (κ3) is 5.19. The molecule has 0 atom stereocenters. The fraction of sp³-hybridized carbons (Fsp3) is 0.208. The van der Waals surface area contributed by atoms with Crippen molar-refractivity contribution in [2.75, 3.05) is 10.6 Å². The summed E-state index contributed by atoms with van der Waals surface area (Å²) in [5.74, 6) is 1.07. The van der Waals surface area contributed by atoms with E-state index in [1.807, 2.05) is 66.0 Å². The van der Waals surface area contributed by atoms with Crippen LogP contribution in [0.1, 0.15) is 37.8 Å². The molecule has 0 saturated heterocycles. The van der Waals surface area contributed by atoms with Crippen LogP contribution in [0.2, 0.25) is 0 Å². The molecule has 158 valence electrons. The van der Waals surface area contributed by atoms with Gasteiger partial charge in [-0.1, -0.05) is 62.3 Å². The number of aromatic nitrogens is 2. The van der Waals surface area contributed by atoms with Gasteiger partial charge in [-0.3, -0.25) is 0 Å². The predicted octanol–water partition coefficient (Wildman–Crippen LogP) is 6.33. The molecule has 4 rings (SSSR count). The molecule has 0 fully saturated rings. The summed E-state index contributed by atoms with van der Waals surface area (Å²) >= 11 is 1.56. The molecule has 0 spiro atoms. The van der Waals surface area contributed by atoms with Gasteiger partial charge >= 0.3 is 6.03 Å². The van der Waals surface area contributed by atoms with Crippen LogP contribution in [0.15, 0.2) is 70.6 Å². The number of benzene rings is 2. The molecule has 0 unspecified atom stereocenters. The smallest absolute Gasteiger partial charge is 0.323 e. The number of nitrogens with zero attached hydrogens (tertiary/aromatic N) is 2. The Morgan fingerprint density at radius 1 is 1.00 bits per heavy atom. The van der Waals surface area contributed by atoms with Gasteiger partial charge in [0.15, 0.2) is 0 Å². The van der Waals surface area contributed by atoms with E-state index in [4.69, 9.17) is 4.52 Å². The Hall–Kier alpha value is -3.45. The number of hydrogen-bond donors (Lipinski definition) is 2. The van der Waals surface area contributed by atoms with E-state index in [9.17, 15) is 4.79 Å². The molecular formula is C24H24N4O2S. The first-order valence-corrected chi connectivity index (χ1v) is 10.9. The summed E-state index contributed by atoms with van der Waals surface area (Å²) in [4.78, 5) is 18.0. The molecule has 0 aliphatic carbocycles. The number of rotatable bonds is 5. The van der Waals surface area contributed by atoms with Crippen molar-refractivity contribution in [2.24, 2.45) is 0 Å². The molecule has 2 heterocycles. The van der Waals surface area contributed by atoms with Crippen molar-refractivity contribution in [2.45, 2.75) is 32.6 Å². The standard InChI is InChI=1S/C24H24N4O2S/c1-24(2,3)17-10-12-18(13-11-17)25-23(29)26-19-8-5-4-7-16(19)15-21-27-22(28-30-21)20-9-6-14-31-20/h4-14H,15H2,1-3H3,(H2,25,26,29). The van der Waals surface area contributed by atoms with E-state index in [0.717, 1.165) is 16.1 Å². The molecule has 0 aliphatic heterocycles. The third-order valence-corrected chi connectivity index (χ3v) is 5.69. The molecule has 4 aromatic rings. The first-order valence-electron chi connectivity index (χ1n) is 10.0. The van der Waals surface area contributed by atoms with Crippen molar-refractivity contribution >= 4 is 28.7 Å². The van der Waals surface area contributed by atoms with Crippen LogP contribution in [-0.2, 0) is 11.8 Å². The van der Waals surface area contributed by atoms with Gasteiger partial charge in [-0.25, -0.2) is 4.79 Å².